The number of hydrogen-bond donors (Lipinski definition) is 1. The molecule has 0 aromatic heterocycles. The standard InChI is InChI=1S/C26H29N3O7S/c1-18-6-11-22(12-7-18)37(31,32)29(23-14-20(33-2)10-13-24(23)35-4)17-26(30)28-27-16-19-8-9-21(34-3)15-25(19)36-5/h6-16H,17H2,1-5H3,(H,28,30)/b27-16-. The average molecular weight is 528 g/mol. The lowest BCUT2D eigenvalue weighted by Gasteiger charge is -2.25. The van der Waals surface area contributed by atoms with Crippen molar-refractivity contribution in [3.05, 3.63) is 71.8 Å². The van der Waals surface area contributed by atoms with Gasteiger partial charge < -0.3 is 18.9 Å². The zero-order chi connectivity index (χ0) is 27.0. The van der Waals surface area contributed by atoms with Gasteiger partial charge in [-0.2, -0.15) is 5.10 Å². The molecule has 0 aliphatic heterocycles. The van der Waals surface area contributed by atoms with Crippen LogP contribution in [0.3, 0.4) is 0 Å². The summed E-state index contributed by atoms with van der Waals surface area (Å²) in [6.07, 6.45) is 1.39. The minimum atomic E-state index is -4.17. The average Bonchev–Trinajstić information content (AvgIpc) is 2.91. The third-order valence-electron chi connectivity index (χ3n) is 5.38. The van der Waals surface area contributed by atoms with Crippen molar-refractivity contribution in [1.82, 2.24) is 5.43 Å². The first-order valence-corrected chi connectivity index (χ1v) is 12.5. The van der Waals surface area contributed by atoms with E-state index in [4.69, 9.17) is 18.9 Å². The first-order valence-electron chi connectivity index (χ1n) is 11.1. The Morgan fingerprint density at radius 3 is 2.11 bits per heavy atom. The summed E-state index contributed by atoms with van der Waals surface area (Å²) in [5.74, 6) is 1.05. The third kappa shape index (κ3) is 6.50. The molecule has 0 saturated heterocycles. The Labute approximate surface area is 216 Å². The van der Waals surface area contributed by atoms with E-state index in [1.807, 2.05) is 6.92 Å². The van der Waals surface area contributed by atoms with Gasteiger partial charge in [0.2, 0.25) is 0 Å². The minimum Gasteiger partial charge on any atom is -0.497 e. The SMILES string of the molecule is COc1ccc(/C=N\NC(=O)CN(c2cc(OC)ccc2OC)S(=O)(=O)c2ccc(C)cc2)c(OC)c1. The lowest BCUT2D eigenvalue weighted by molar-refractivity contribution is -0.119. The fourth-order valence-electron chi connectivity index (χ4n) is 3.39. The van der Waals surface area contributed by atoms with Gasteiger partial charge in [-0.25, -0.2) is 13.8 Å². The van der Waals surface area contributed by atoms with Gasteiger partial charge >= 0.3 is 0 Å². The van der Waals surface area contributed by atoms with E-state index in [9.17, 15) is 13.2 Å². The monoisotopic (exact) mass is 527 g/mol. The van der Waals surface area contributed by atoms with Crippen LogP contribution >= 0.6 is 0 Å². The number of benzene rings is 3. The summed E-state index contributed by atoms with van der Waals surface area (Å²) in [7, 11) is 1.74. The molecule has 10 nitrogen and oxygen atoms in total. The van der Waals surface area contributed by atoms with Crippen molar-refractivity contribution >= 4 is 27.8 Å². The molecule has 3 rings (SSSR count). The molecule has 0 aliphatic carbocycles. The Morgan fingerprint density at radius 2 is 1.49 bits per heavy atom. The number of carbonyl (C=O) groups is 1. The highest BCUT2D eigenvalue weighted by Gasteiger charge is 2.30. The molecular weight excluding hydrogens is 498 g/mol. The molecule has 0 atom stereocenters. The molecule has 0 aliphatic rings. The fourth-order valence-corrected chi connectivity index (χ4v) is 4.82. The molecule has 196 valence electrons. The first-order chi connectivity index (χ1) is 17.7. The molecule has 11 heteroatoms. The van der Waals surface area contributed by atoms with Gasteiger partial charge in [0.25, 0.3) is 15.9 Å². The Morgan fingerprint density at radius 1 is 0.865 bits per heavy atom. The van der Waals surface area contributed by atoms with Crippen molar-refractivity contribution in [3.8, 4) is 23.0 Å². The van der Waals surface area contributed by atoms with Crippen molar-refractivity contribution in [2.75, 3.05) is 39.3 Å². The molecule has 3 aromatic carbocycles. The molecule has 0 fully saturated rings. The fraction of sp³-hybridized carbons (Fsp3) is 0.231. The quantitative estimate of drug-likeness (QED) is 0.300. The maximum absolute atomic E-state index is 13.7. The van der Waals surface area contributed by atoms with E-state index in [1.54, 1.807) is 42.5 Å². The van der Waals surface area contributed by atoms with Crippen molar-refractivity contribution in [2.24, 2.45) is 5.10 Å². The summed E-state index contributed by atoms with van der Waals surface area (Å²) in [6.45, 7) is 1.28. The molecular formula is C26H29N3O7S. The lowest BCUT2D eigenvalue weighted by atomic mass is 10.2. The van der Waals surface area contributed by atoms with Crippen LogP contribution in [0, 0.1) is 6.92 Å². The number of methoxy groups -OCH3 is 4. The van der Waals surface area contributed by atoms with E-state index in [2.05, 4.69) is 10.5 Å². The van der Waals surface area contributed by atoms with E-state index in [0.29, 0.717) is 22.8 Å². The molecule has 0 saturated carbocycles. The number of amides is 1. The number of hydrogen-bond acceptors (Lipinski definition) is 8. The predicted octanol–water partition coefficient (Wildman–Crippen LogP) is 3.38. The Bertz CT molecular complexity index is 1370. The van der Waals surface area contributed by atoms with Crippen molar-refractivity contribution in [1.29, 1.82) is 0 Å². The predicted molar refractivity (Wildman–Crippen MR) is 141 cm³/mol. The van der Waals surface area contributed by atoms with Crippen LogP contribution in [-0.2, 0) is 14.8 Å². The summed E-state index contributed by atoms with van der Waals surface area (Å²) >= 11 is 0. The van der Waals surface area contributed by atoms with Crippen LogP contribution < -0.4 is 28.7 Å². The van der Waals surface area contributed by atoms with E-state index in [1.165, 1.54) is 52.9 Å². The first kappa shape index (κ1) is 27.3. The second-order valence-electron chi connectivity index (χ2n) is 7.76. The molecule has 3 aromatic rings. The number of anilines is 1. The van der Waals surface area contributed by atoms with Gasteiger partial charge in [-0.1, -0.05) is 17.7 Å². The van der Waals surface area contributed by atoms with Gasteiger partial charge in [0.1, 0.15) is 29.5 Å². The molecule has 37 heavy (non-hydrogen) atoms. The zero-order valence-electron chi connectivity index (χ0n) is 21.2. The highest BCUT2D eigenvalue weighted by Crippen LogP contribution is 2.35. The van der Waals surface area contributed by atoms with E-state index >= 15 is 0 Å². The summed E-state index contributed by atoms with van der Waals surface area (Å²) in [5, 5.41) is 3.97. The molecule has 0 spiro atoms. The molecule has 0 bridgehead atoms. The molecule has 0 heterocycles. The van der Waals surface area contributed by atoms with E-state index in [0.717, 1.165) is 9.87 Å². The summed E-state index contributed by atoms with van der Waals surface area (Å²) in [4.78, 5) is 12.9. The van der Waals surface area contributed by atoms with Crippen molar-refractivity contribution in [3.63, 3.8) is 0 Å². The van der Waals surface area contributed by atoms with Crippen LogP contribution in [0.25, 0.3) is 0 Å². The van der Waals surface area contributed by atoms with Gasteiger partial charge in [-0.15, -0.1) is 0 Å². The number of hydrazone groups is 1. The van der Waals surface area contributed by atoms with E-state index in [-0.39, 0.29) is 16.3 Å². The highest BCUT2D eigenvalue weighted by atomic mass is 32.2. The minimum absolute atomic E-state index is 0.0160. The number of nitrogens with zero attached hydrogens (tertiary/aromatic N) is 2. The van der Waals surface area contributed by atoms with Gasteiger partial charge in [0.15, 0.2) is 0 Å². The van der Waals surface area contributed by atoms with Gasteiger partial charge in [-0.05, 0) is 43.3 Å². The van der Waals surface area contributed by atoms with Gasteiger partial charge in [0, 0.05) is 17.7 Å². The van der Waals surface area contributed by atoms with E-state index < -0.39 is 22.5 Å². The number of aryl methyl sites for hydroxylation is 1. The van der Waals surface area contributed by atoms with Crippen LogP contribution in [0.1, 0.15) is 11.1 Å². The smallest absolute Gasteiger partial charge is 0.264 e. The number of sulfonamides is 1. The molecule has 1 N–H and O–H groups in total. The number of ether oxygens (including phenoxy) is 4. The molecule has 0 unspecified atom stereocenters. The zero-order valence-corrected chi connectivity index (χ0v) is 22.0. The normalized spacial score (nSPS) is 11.2. The van der Waals surface area contributed by atoms with Crippen LogP contribution in [0.4, 0.5) is 5.69 Å². The number of carbonyl (C=O) groups excluding carboxylic acids is 1. The van der Waals surface area contributed by atoms with Crippen LogP contribution in [-0.4, -0.2) is 55.5 Å². The highest BCUT2D eigenvalue weighted by molar-refractivity contribution is 7.92. The maximum Gasteiger partial charge on any atom is 0.264 e. The summed E-state index contributed by atoms with van der Waals surface area (Å²) < 4.78 is 49.5. The number of nitrogens with one attached hydrogen (secondary N) is 1. The second-order valence-corrected chi connectivity index (χ2v) is 9.63. The summed E-state index contributed by atoms with van der Waals surface area (Å²) in [6, 6.07) is 16.1. The van der Waals surface area contributed by atoms with Gasteiger partial charge in [-0.3, -0.25) is 9.10 Å². The Balaban J connectivity index is 1.93. The van der Waals surface area contributed by atoms with Crippen molar-refractivity contribution in [2.45, 2.75) is 11.8 Å². The lowest BCUT2D eigenvalue weighted by Crippen LogP contribution is -2.39. The second kappa shape index (κ2) is 12.1. The van der Waals surface area contributed by atoms with Crippen LogP contribution in [0.2, 0.25) is 0 Å². The molecule has 1 amide bonds. The van der Waals surface area contributed by atoms with Crippen LogP contribution in [0.15, 0.2) is 70.7 Å². The number of rotatable bonds is 11. The van der Waals surface area contributed by atoms with Crippen LogP contribution in [0.5, 0.6) is 23.0 Å². The topological polar surface area (TPSA) is 116 Å². The maximum atomic E-state index is 13.7. The largest absolute Gasteiger partial charge is 0.497 e. The Kier molecular flexibility index (Phi) is 8.96. The summed E-state index contributed by atoms with van der Waals surface area (Å²) in [5.41, 5.74) is 3.99. The van der Waals surface area contributed by atoms with Gasteiger partial charge in [0.05, 0.1) is 45.2 Å². The van der Waals surface area contributed by atoms with Crippen molar-refractivity contribution < 1.29 is 32.2 Å². The third-order valence-corrected chi connectivity index (χ3v) is 7.16. The Hall–Kier alpha value is -4.25. The molecule has 0 radical (unpaired) electrons.